The molecule has 4 nitrogen and oxygen atoms in total. The van der Waals surface area contributed by atoms with Gasteiger partial charge in [-0.15, -0.1) is 0 Å². The molecule has 0 aromatic heterocycles. The Bertz CT molecular complexity index is 314. The third kappa shape index (κ3) is 12.0. The second-order valence-electron chi connectivity index (χ2n) is 6.93. The highest BCUT2D eigenvalue weighted by molar-refractivity contribution is 6.76. The number of carbonyl (C=O) groups is 1. The Labute approximate surface area is 118 Å². The van der Waals surface area contributed by atoms with Crippen LogP contribution in [0.25, 0.3) is 0 Å². The van der Waals surface area contributed by atoms with Gasteiger partial charge in [-0.2, -0.15) is 0 Å². The molecule has 0 aromatic rings. The van der Waals surface area contributed by atoms with Crippen molar-refractivity contribution in [2.75, 3.05) is 20.3 Å². The molecule has 0 bridgehead atoms. The van der Waals surface area contributed by atoms with Crippen molar-refractivity contribution < 1.29 is 14.3 Å². The highest BCUT2D eigenvalue weighted by atomic mass is 28.3. The third-order valence-corrected chi connectivity index (χ3v) is 3.99. The molecule has 112 valence electrons. The van der Waals surface area contributed by atoms with Crippen LogP contribution >= 0.6 is 0 Å². The van der Waals surface area contributed by atoms with Gasteiger partial charge in [-0.05, 0) is 26.8 Å². The van der Waals surface area contributed by atoms with Gasteiger partial charge in [0.1, 0.15) is 0 Å². The van der Waals surface area contributed by atoms with Crippen molar-refractivity contribution in [1.82, 2.24) is 5.32 Å². The van der Waals surface area contributed by atoms with Crippen LogP contribution in [0.3, 0.4) is 0 Å². The highest BCUT2D eigenvalue weighted by Gasteiger charge is 2.15. The van der Waals surface area contributed by atoms with Gasteiger partial charge in [-0.1, -0.05) is 19.6 Å². The average molecular weight is 287 g/mol. The van der Waals surface area contributed by atoms with Crippen LogP contribution in [0.4, 0.5) is 0 Å². The summed E-state index contributed by atoms with van der Waals surface area (Å²) in [5.41, 5.74) is 0.650. The molecule has 0 heterocycles. The molecule has 0 aliphatic rings. The first kappa shape index (κ1) is 18.2. The van der Waals surface area contributed by atoms with E-state index in [1.165, 1.54) is 13.2 Å². The van der Waals surface area contributed by atoms with Crippen LogP contribution in [0.1, 0.15) is 20.8 Å². The first-order chi connectivity index (χ1) is 8.53. The van der Waals surface area contributed by atoms with Crippen LogP contribution in [0.2, 0.25) is 25.7 Å². The number of esters is 1. The molecule has 0 saturated carbocycles. The molecular weight excluding hydrogens is 258 g/mol. The van der Waals surface area contributed by atoms with Crippen molar-refractivity contribution in [2.24, 2.45) is 0 Å². The molecule has 0 fully saturated rings. The van der Waals surface area contributed by atoms with Crippen molar-refractivity contribution in [3.63, 3.8) is 0 Å². The lowest BCUT2D eigenvalue weighted by Gasteiger charge is -2.24. The normalized spacial score (nSPS) is 13.3. The zero-order valence-corrected chi connectivity index (χ0v) is 14.4. The van der Waals surface area contributed by atoms with Gasteiger partial charge in [0.2, 0.25) is 0 Å². The Morgan fingerprint density at radius 1 is 1.26 bits per heavy atom. The number of methoxy groups -OCH3 is 1. The maximum absolute atomic E-state index is 11.3. The predicted molar refractivity (Wildman–Crippen MR) is 82.0 cm³/mol. The van der Waals surface area contributed by atoms with E-state index >= 15 is 0 Å². The number of rotatable bonds is 7. The van der Waals surface area contributed by atoms with E-state index in [0.29, 0.717) is 6.61 Å². The maximum atomic E-state index is 11.3. The van der Waals surface area contributed by atoms with Gasteiger partial charge in [0.25, 0.3) is 0 Å². The van der Waals surface area contributed by atoms with E-state index in [9.17, 15) is 4.79 Å². The Kier molecular flexibility index (Phi) is 7.37. The number of nitrogens with one attached hydrogen (secondary N) is 1. The summed E-state index contributed by atoms with van der Waals surface area (Å²) in [4.78, 5) is 11.3. The van der Waals surface area contributed by atoms with E-state index in [-0.39, 0.29) is 11.5 Å². The molecule has 0 unspecified atom stereocenters. The van der Waals surface area contributed by atoms with E-state index < -0.39 is 8.07 Å². The SMILES string of the molecule is COC(=O)/C=C(\COCC[Si](C)(C)C)NC(C)(C)C. The van der Waals surface area contributed by atoms with Gasteiger partial charge in [-0.25, -0.2) is 4.79 Å². The van der Waals surface area contributed by atoms with Gasteiger partial charge in [0.05, 0.1) is 13.7 Å². The predicted octanol–water partition coefficient (Wildman–Crippen LogP) is 2.79. The van der Waals surface area contributed by atoms with Crippen molar-refractivity contribution in [3.05, 3.63) is 11.8 Å². The molecular formula is C14H29NO3Si. The zero-order chi connectivity index (χ0) is 15.1. The first-order valence-corrected chi connectivity index (χ1v) is 10.4. The fourth-order valence-electron chi connectivity index (χ4n) is 1.36. The molecule has 0 saturated heterocycles. The molecule has 0 aliphatic heterocycles. The molecule has 0 aromatic carbocycles. The summed E-state index contributed by atoms with van der Waals surface area (Å²) in [5.74, 6) is -0.361. The standard InChI is InChI=1S/C14H29NO3Si/c1-14(2,3)15-12(10-13(16)17-4)11-18-8-9-19(5,6)7/h10,15H,8-9,11H2,1-7H3/b12-10+. The quantitative estimate of drug-likeness (QED) is 0.338. The third-order valence-electron chi connectivity index (χ3n) is 2.28. The largest absolute Gasteiger partial charge is 0.466 e. The van der Waals surface area contributed by atoms with Gasteiger partial charge in [0, 0.05) is 32.0 Å². The van der Waals surface area contributed by atoms with Crippen LogP contribution < -0.4 is 5.32 Å². The Balaban J connectivity index is 4.36. The minimum atomic E-state index is -1.07. The van der Waals surface area contributed by atoms with Crippen LogP contribution in [0.15, 0.2) is 11.8 Å². The second-order valence-corrected chi connectivity index (χ2v) is 12.6. The lowest BCUT2D eigenvalue weighted by molar-refractivity contribution is -0.134. The van der Waals surface area contributed by atoms with Gasteiger partial charge in [0.15, 0.2) is 0 Å². The van der Waals surface area contributed by atoms with E-state index in [1.54, 1.807) is 0 Å². The number of carbonyl (C=O) groups excluding carboxylic acids is 1. The molecule has 0 rings (SSSR count). The van der Waals surface area contributed by atoms with Crippen molar-refractivity contribution in [2.45, 2.75) is 52.0 Å². The Morgan fingerprint density at radius 3 is 2.26 bits per heavy atom. The molecule has 0 amide bonds. The molecule has 1 N–H and O–H groups in total. The van der Waals surface area contributed by atoms with Crippen molar-refractivity contribution in [3.8, 4) is 0 Å². The minimum absolute atomic E-state index is 0.109. The lowest BCUT2D eigenvalue weighted by atomic mass is 10.1. The van der Waals surface area contributed by atoms with Crippen LogP contribution in [-0.2, 0) is 14.3 Å². The molecule has 5 heteroatoms. The molecule has 0 radical (unpaired) electrons. The van der Waals surface area contributed by atoms with E-state index in [4.69, 9.17) is 4.74 Å². The van der Waals surface area contributed by atoms with Crippen molar-refractivity contribution >= 4 is 14.0 Å². The van der Waals surface area contributed by atoms with Crippen LogP contribution in [-0.4, -0.2) is 39.9 Å². The summed E-state index contributed by atoms with van der Waals surface area (Å²) < 4.78 is 10.3. The summed E-state index contributed by atoms with van der Waals surface area (Å²) in [6.45, 7) is 14.2. The lowest BCUT2D eigenvalue weighted by Crippen LogP contribution is -2.37. The summed E-state index contributed by atoms with van der Waals surface area (Å²) in [5, 5.41) is 3.27. The van der Waals surface area contributed by atoms with Gasteiger partial charge in [-0.3, -0.25) is 0 Å². The Morgan fingerprint density at radius 2 is 1.84 bits per heavy atom. The fraction of sp³-hybridized carbons (Fsp3) is 0.786. The maximum Gasteiger partial charge on any atom is 0.332 e. The molecule has 19 heavy (non-hydrogen) atoms. The summed E-state index contributed by atoms with van der Waals surface area (Å²) in [6.07, 6.45) is 1.46. The van der Waals surface area contributed by atoms with Crippen LogP contribution in [0.5, 0.6) is 0 Å². The fourth-order valence-corrected chi connectivity index (χ4v) is 2.11. The average Bonchev–Trinajstić information content (AvgIpc) is 2.20. The summed E-state index contributed by atoms with van der Waals surface area (Å²) >= 11 is 0. The van der Waals surface area contributed by atoms with E-state index in [0.717, 1.165) is 18.3 Å². The molecule has 0 aliphatic carbocycles. The first-order valence-electron chi connectivity index (χ1n) is 6.68. The summed E-state index contributed by atoms with van der Waals surface area (Å²) in [7, 11) is 0.303. The summed E-state index contributed by atoms with van der Waals surface area (Å²) in [6, 6.07) is 1.12. The topological polar surface area (TPSA) is 47.6 Å². The van der Waals surface area contributed by atoms with Crippen LogP contribution in [0, 0.1) is 0 Å². The number of hydrogen-bond donors (Lipinski definition) is 1. The second kappa shape index (κ2) is 7.70. The van der Waals surface area contributed by atoms with Gasteiger partial charge >= 0.3 is 5.97 Å². The zero-order valence-electron chi connectivity index (χ0n) is 13.4. The minimum Gasteiger partial charge on any atom is -0.466 e. The monoisotopic (exact) mass is 287 g/mol. The van der Waals surface area contributed by atoms with Gasteiger partial charge < -0.3 is 14.8 Å². The Hall–Kier alpha value is -0.813. The number of hydrogen-bond acceptors (Lipinski definition) is 4. The van der Waals surface area contributed by atoms with Crippen molar-refractivity contribution in [1.29, 1.82) is 0 Å². The van der Waals surface area contributed by atoms with E-state index in [2.05, 4.69) is 29.7 Å². The molecule has 0 spiro atoms. The van der Waals surface area contributed by atoms with E-state index in [1.807, 2.05) is 20.8 Å². The smallest absolute Gasteiger partial charge is 0.332 e. The number of ether oxygens (including phenoxy) is 2. The molecule has 0 atom stereocenters. The highest BCUT2D eigenvalue weighted by Crippen LogP contribution is 2.09.